The first-order chi connectivity index (χ1) is 14.3. The van der Waals surface area contributed by atoms with Gasteiger partial charge in [-0.05, 0) is 55.5 Å². The van der Waals surface area contributed by atoms with E-state index in [2.05, 4.69) is 5.10 Å². The molecule has 0 saturated carbocycles. The second-order valence-electron chi connectivity index (χ2n) is 6.46. The molecule has 9 heteroatoms. The third kappa shape index (κ3) is 3.72. The van der Waals surface area contributed by atoms with Gasteiger partial charge in [-0.2, -0.15) is 10.1 Å². The van der Waals surface area contributed by atoms with E-state index in [0.717, 1.165) is 0 Å². The molecule has 0 bridgehead atoms. The molecule has 3 aromatic rings. The molecule has 0 radical (unpaired) electrons. The van der Waals surface area contributed by atoms with Crippen molar-refractivity contribution in [1.29, 1.82) is 0 Å². The van der Waals surface area contributed by atoms with Crippen molar-refractivity contribution in [2.24, 2.45) is 5.10 Å². The number of rotatable bonds is 4. The summed E-state index contributed by atoms with van der Waals surface area (Å²) >= 11 is 12.0. The average molecular weight is 442 g/mol. The smallest absolute Gasteiger partial charge is 0.280 e. The number of anilines is 1. The highest BCUT2D eigenvalue weighted by Gasteiger charge is 2.29. The van der Waals surface area contributed by atoms with Crippen LogP contribution in [-0.2, 0) is 4.79 Å². The Morgan fingerprint density at radius 2 is 1.80 bits per heavy atom. The SMILES string of the molecule is CC1=NN(c2ccc(Cl)c(Cl)c2)C(=O)C1=Cc1ccc(-c2ccc([N+](=O)[O-])cc2)o1. The zero-order valence-electron chi connectivity index (χ0n) is 15.5. The van der Waals surface area contributed by atoms with Crippen LogP contribution in [0.2, 0.25) is 10.0 Å². The first kappa shape index (κ1) is 19.9. The topological polar surface area (TPSA) is 89.0 Å². The van der Waals surface area contributed by atoms with Crippen molar-refractivity contribution in [1.82, 2.24) is 0 Å². The van der Waals surface area contributed by atoms with E-state index in [-0.39, 0.29) is 11.6 Å². The molecule has 1 amide bonds. The van der Waals surface area contributed by atoms with Crippen LogP contribution in [0.15, 0.2) is 69.7 Å². The maximum Gasteiger partial charge on any atom is 0.280 e. The van der Waals surface area contributed by atoms with Gasteiger partial charge in [0.15, 0.2) is 0 Å². The normalized spacial score (nSPS) is 15.0. The summed E-state index contributed by atoms with van der Waals surface area (Å²) in [5.74, 6) is 0.662. The summed E-state index contributed by atoms with van der Waals surface area (Å²) < 4.78 is 5.79. The highest BCUT2D eigenvalue weighted by atomic mass is 35.5. The van der Waals surface area contributed by atoms with Gasteiger partial charge in [-0.3, -0.25) is 14.9 Å². The van der Waals surface area contributed by atoms with Crippen molar-refractivity contribution in [3.8, 4) is 11.3 Å². The second-order valence-corrected chi connectivity index (χ2v) is 7.28. The summed E-state index contributed by atoms with van der Waals surface area (Å²) in [6.45, 7) is 1.72. The number of benzene rings is 2. The Bertz CT molecular complexity index is 1230. The number of furan rings is 1. The molecule has 2 heterocycles. The zero-order valence-corrected chi connectivity index (χ0v) is 17.0. The van der Waals surface area contributed by atoms with Gasteiger partial charge in [0.2, 0.25) is 0 Å². The molecule has 0 fully saturated rings. The Balaban J connectivity index is 1.59. The molecule has 0 saturated heterocycles. The number of hydrogen-bond donors (Lipinski definition) is 0. The molecule has 2 aromatic carbocycles. The van der Waals surface area contributed by atoms with Gasteiger partial charge in [0.25, 0.3) is 11.6 Å². The second kappa shape index (κ2) is 7.78. The quantitative estimate of drug-likeness (QED) is 0.283. The molecular formula is C21H13Cl2N3O4. The predicted octanol–water partition coefficient (Wildman–Crippen LogP) is 5.97. The molecule has 0 spiro atoms. The van der Waals surface area contributed by atoms with Crippen LogP contribution in [0.4, 0.5) is 11.4 Å². The lowest BCUT2D eigenvalue weighted by atomic mass is 10.1. The van der Waals surface area contributed by atoms with E-state index in [0.29, 0.717) is 44.1 Å². The lowest BCUT2D eigenvalue weighted by Crippen LogP contribution is -2.21. The summed E-state index contributed by atoms with van der Waals surface area (Å²) in [5, 5.41) is 17.1. The third-order valence-corrected chi connectivity index (χ3v) is 5.23. The Kier molecular flexibility index (Phi) is 5.15. The number of hydrogen-bond acceptors (Lipinski definition) is 5. The molecule has 4 rings (SSSR count). The van der Waals surface area contributed by atoms with E-state index in [1.165, 1.54) is 17.1 Å². The number of nitrogens with zero attached hydrogens (tertiary/aromatic N) is 3. The first-order valence-electron chi connectivity index (χ1n) is 8.75. The van der Waals surface area contributed by atoms with Crippen LogP contribution in [0.25, 0.3) is 17.4 Å². The lowest BCUT2D eigenvalue weighted by Gasteiger charge is -2.12. The molecule has 1 aliphatic heterocycles. The molecule has 0 atom stereocenters. The van der Waals surface area contributed by atoms with E-state index >= 15 is 0 Å². The summed E-state index contributed by atoms with van der Waals surface area (Å²) in [5.41, 5.74) is 2.09. The van der Waals surface area contributed by atoms with Crippen LogP contribution in [0, 0.1) is 10.1 Å². The maximum atomic E-state index is 12.9. The highest BCUT2D eigenvalue weighted by molar-refractivity contribution is 6.42. The Labute approximate surface area is 181 Å². The minimum atomic E-state index is -0.463. The minimum Gasteiger partial charge on any atom is -0.457 e. The van der Waals surface area contributed by atoms with Crippen LogP contribution in [-0.4, -0.2) is 16.5 Å². The number of carbonyl (C=O) groups excluding carboxylic acids is 1. The van der Waals surface area contributed by atoms with Crippen molar-refractivity contribution in [2.45, 2.75) is 6.92 Å². The standard InChI is InChI=1S/C21H13Cl2N3O4/c1-12-17(21(27)25(24-12)15-6-8-18(22)19(23)10-15)11-16-7-9-20(30-16)13-2-4-14(5-3-13)26(28)29/h2-11H,1H3. The Morgan fingerprint density at radius 3 is 2.47 bits per heavy atom. The van der Waals surface area contributed by atoms with Crippen molar-refractivity contribution in [3.05, 3.63) is 86.1 Å². The minimum absolute atomic E-state index is 0.00145. The first-order valence-corrected chi connectivity index (χ1v) is 9.50. The van der Waals surface area contributed by atoms with Gasteiger partial charge in [0.05, 0.1) is 31.9 Å². The number of nitro groups is 1. The van der Waals surface area contributed by atoms with E-state index in [9.17, 15) is 14.9 Å². The maximum absolute atomic E-state index is 12.9. The number of nitro benzene ring substituents is 1. The fourth-order valence-corrected chi connectivity index (χ4v) is 3.24. The van der Waals surface area contributed by atoms with E-state index in [4.69, 9.17) is 27.6 Å². The molecule has 0 N–H and O–H groups in total. The van der Waals surface area contributed by atoms with Crippen molar-refractivity contribution in [3.63, 3.8) is 0 Å². The molecule has 30 heavy (non-hydrogen) atoms. The third-order valence-electron chi connectivity index (χ3n) is 4.49. The molecule has 150 valence electrons. The Hall–Kier alpha value is -3.42. The van der Waals surface area contributed by atoms with E-state index in [1.54, 1.807) is 55.5 Å². The van der Waals surface area contributed by atoms with Gasteiger partial charge in [0, 0.05) is 17.7 Å². The van der Waals surface area contributed by atoms with Crippen molar-refractivity contribution in [2.75, 3.05) is 5.01 Å². The van der Waals surface area contributed by atoms with Gasteiger partial charge < -0.3 is 4.42 Å². The zero-order chi connectivity index (χ0) is 21.4. The van der Waals surface area contributed by atoms with Crippen LogP contribution >= 0.6 is 23.2 Å². The largest absolute Gasteiger partial charge is 0.457 e. The molecule has 1 aromatic heterocycles. The number of hydrazone groups is 1. The van der Waals surface area contributed by atoms with E-state index in [1.807, 2.05) is 0 Å². The van der Waals surface area contributed by atoms with Crippen LogP contribution < -0.4 is 5.01 Å². The Morgan fingerprint density at radius 1 is 1.07 bits per heavy atom. The summed E-state index contributed by atoms with van der Waals surface area (Å²) in [6.07, 6.45) is 1.60. The van der Waals surface area contributed by atoms with Crippen LogP contribution in [0.1, 0.15) is 12.7 Å². The van der Waals surface area contributed by atoms with Crippen LogP contribution in [0.5, 0.6) is 0 Å². The molecule has 7 nitrogen and oxygen atoms in total. The fraction of sp³-hybridized carbons (Fsp3) is 0.0476. The van der Waals surface area contributed by atoms with Crippen molar-refractivity contribution < 1.29 is 14.1 Å². The lowest BCUT2D eigenvalue weighted by molar-refractivity contribution is -0.384. The number of halogens is 2. The number of amides is 1. The van der Waals surface area contributed by atoms with Gasteiger partial charge in [-0.1, -0.05) is 23.2 Å². The molecule has 0 aliphatic carbocycles. The van der Waals surface area contributed by atoms with Gasteiger partial charge >= 0.3 is 0 Å². The van der Waals surface area contributed by atoms with Gasteiger partial charge in [0.1, 0.15) is 11.5 Å². The van der Waals surface area contributed by atoms with E-state index < -0.39 is 4.92 Å². The van der Waals surface area contributed by atoms with Gasteiger partial charge in [-0.25, -0.2) is 0 Å². The molecule has 0 unspecified atom stereocenters. The average Bonchev–Trinajstić information content (AvgIpc) is 3.30. The summed E-state index contributed by atoms with van der Waals surface area (Å²) in [4.78, 5) is 23.2. The molecular weight excluding hydrogens is 429 g/mol. The molecule has 1 aliphatic rings. The summed E-state index contributed by atoms with van der Waals surface area (Å²) in [7, 11) is 0. The number of carbonyl (C=O) groups is 1. The number of non-ortho nitro benzene ring substituents is 1. The van der Waals surface area contributed by atoms with Crippen LogP contribution in [0.3, 0.4) is 0 Å². The highest BCUT2D eigenvalue weighted by Crippen LogP contribution is 2.31. The summed E-state index contributed by atoms with van der Waals surface area (Å²) in [6, 6.07) is 14.3. The monoisotopic (exact) mass is 441 g/mol. The fourth-order valence-electron chi connectivity index (χ4n) is 2.95. The predicted molar refractivity (Wildman–Crippen MR) is 116 cm³/mol. The van der Waals surface area contributed by atoms with Gasteiger partial charge in [-0.15, -0.1) is 0 Å². The van der Waals surface area contributed by atoms with Crippen molar-refractivity contribution >= 4 is 52.3 Å².